The number of carbonyl (C=O) groups is 2. The first-order valence-corrected chi connectivity index (χ1v) is 10.2. The molecule has 0 bridgehead atoms. The van der Waals surface area contributed by atoms with E-state index in [0.29, 0.717) is 36.8 Å². The minimum Gasteiger partial charge on any atom is -0.465 e. The van der Waals surface area contributed by atoms with Crippen molar-refractivity contribution >= 4 is 28.5 Å². The lowest BCUT2D eigenvalue weighted by Crippen LogP contribution is -2.50. The van der Waals surface area contributed by atoms with Crippen molar-refractivity contribution in [2.75, 3.05) is 38.2 Å². The number of rotatable bonds is 3. The molecule has 1 aliphatic rings. The molecule has 2 aromatic rings. The van der Waals surface area contributed by atoms with Crippen LogP contribution in [0, 0.1) is 6.92 Å². The smallest absolute Gasteiger partial charge is 0.410 e. The first-order chi connectivity index (χ1) is 13.6. The molecule has 1 amide bonds. The van der Waals surface area contributed by atoms with Crippen LogP contribution in [0.1, 0.15) is 36.0 Å². The fraction of sp³-hybridized carbons (Fsp3) is 0.579. The van der Waals surface area contributed by atoms with Gasteiger partial charge in [0.2, 0.25) is 0 Å². The van der Waals surface area contributed by atoms with Gasteiger partial charge in [0.1, 0.15) is 16.2 Å². The van der Waals surface area contributed by atoms with Gasteiger partial charge in [-0.25, -0.2) is 14.6 Å². The third-order valence-corrected chi connectivity index (χ3v) is 5.63. The monoisotopic (exact) mass is 421 g/mol. The highest BCUT2D eigenvalue weighted by molar-refractivity contribution is 7.17. The van der Waals surface area contributed by atoms with Gasteiger partial charge in [-0.2, -0.15) is 5.10 Å². The molecule has 0 saturated carbocycles. The van der Waals surface area contributed by atoms with E-state index in [2.05, 4.69) is 10.00 Å². The Kier molecular flexibility index (Phi) is 5.83. The normalized spacial score (nSPS) is 14.8. The van der Waals surface area contributed by atoms with Crippen molar-refractivity contribution in [2.45, 2.75) is 33.3 Å². The summed E-state index contributed by atoms with van der Waals surface area (Å²) in [4.78, 5) is 33.6. The van der Waals surface area contributed by atoms with Crippen LogP contribution < -0.4 is 4.90 Å². The summed E-state index contributed by atoms with van der Waals surface area (Å²) in [5.74, 6) is -0.420. The molecule has 1 aliphatic heterocycles. The molecule has 9 nitrogen and oxygen atoms in total. The summed E-state index contributed by atoms with van der Waals surface area (Å²) in [6.45, 7) is 9.77. The topological polar surface area (TPSA) is 89.8 Å². The van der Waals surface area contributed by atoms with E-state index in [1.165, 1.54) is 18.4 Å². The van der Waals surface area contributed by atoms with Gasteiger partial charge in [-0.3, -0.25) is 4.68 Å². The maximum Gasteiger partial charge on any atom is 0.410 e. The molecule has 0 radical (unpaired) electrons. The molecule has 1 saturated heterocycles. The summed E-state index contributed by atoms with van der Waals surface area (Å²) < 4.78 is 12.1. The second kappa shape index (κ2) is 8.02. The Balaban J connectivity index is 1.81. The van der Waals surface area contributed by atoms with E-state index in [0.717, 1.165) is 16.4 Å². The van der Waals surface area contributed by atoms with Crippen LogP contribution in [0.15, 0.2) is 6.20 Å². The highest BCUT2D eigenvalue weighted by atomic mass is 32.1. The van der Waals surface area contributed by atoms with Crippen LogP contribution in [0.2, 0.25) is 0 Å². The first kappa shape index (κ1) is 21.1. The number of hydrogen-bond donors (Lipinski definition) is 0. The minimum absolute atomic E-state index is 0.308. The average molecular weight is 422 g/mol. The van der Waals surface area contributed by atoms with Crippen LogP contribution in [0.25, 0.3) is 11.4 Å². The molecule has 0 aliphatic carbocycles. The summed E-state index contributed by atoms with van der Waals surface area (Å²) >= 11 is 1.30. The van der Waals surface area contributed by atoms with Gasteiger partial charge < -0.3 is 19.3 Å². The first-order valence-electron chi connectivity index (χ1n) is 9.41. The van der Waals surface area contributed by atoms with Crippen LogP contribution in [0.5, 0.6) is 0 Å². The van der Waals surface area contributed by atoms with E-state index in [9.17, 15) is 9.59 Å². The molecule has 29 heavy (non-hydrogen) atoms. The predicted molar refractivity (Wildman–Crippen MR) is 110 cm³/mol. The summed E-state index contributed by atoms with van der Waals surface area (Å²) in [6, 6.07) is 0. The highest BCUT2D eigenvalue weighted by Gasteiger charge is 2.30. The largest absolute Gasteiger partial charge is 0.465 e. The van der Waals surface area contributed by atoms with Crippen LogP contribution in [0.4, 0.5) is 9.93 Å². The number of methoxy groups -OCH3 is 1. The van der Waals surface area contributed by atoms with Gasteiger partial charge in [0, 0.05) is 33.2 Å². The van der Waals surface area contributed by atoms with E-state index in [1.54, 1.807) is 15.8 Å². The molecule has 1 fully saturated rings. The number of thiazole rings is 1. The Bertz CT molecular complexity index is 887. The average Bonchev–Trinajstić information content (AvgIpc) is 3.23. The fourth-order valence-corrected chi connectivity index (χ4v) is 4.17. The number of amides is 1. The summed E-state index contributed by atoms with van der Waals surface area (Å²) in [5, 5.41) is 4.98. The number of hydrogen-bond acceptors (Lipinski definition) is 8. The van der Waals surface area contributed by atoms with E-state index in [-0.39, 0.29) is 6.09 Å². The maximum absolute atomic E-state index is 12.4. The van der Waals surface area contributed by atoms with Gasteiger partial charge in [0.25, 0.3) is 0 Å². The molecular formula is C19H27N5O4S. The number of esters is 1. The zero-order valence-electron chi connectivity index (χ0n) is 17.7. The number of anilines is 1. The predicted octanol–water partition coefficient (Wildman–Crippen LogP) is 2.70. The third-order valence-electron chi connectivity index (χ3n) is 4.53. The number of aryl methyl sites for hydroxylation is 2. The molecule has 3 heterocycles. The summed E-state index contributed by atoms with van der Waals surface area (Å²) in [5.41, 5.74) is 1.78. The standard InChI is InChI=1S/C19H27N5O4S/c1-12-11-20-22(5)14(12)13-15(16(25)27-6)29-17(21-13)23-7-9-24(10-8-23)18(26)28-19(2,3)4/h11H,7-10H2,1-6H3. The van der Waals surface area contributed by atoms with E-state index < -0.39 is 11.6 Å². The Morgan fingerprint density at radius 3 is 2.34 bits per heavy atom. The molecular weight excluding hydrogens is 394 g/mol. The maximum atomic E-state index is 12.4. The van der Waals surface area contributed by atoms with Gasteiger partial charge in [-0.05, 0) is 33.3 Å². The summed E-state index contributed by atoms with van der Waals surface area (Å²) in [7, 11) is 3.18. The molecule has 10 heteroatoms. The van der Waals surface area contributed by atoms with E-state index >= 15 is 0 Å². The van der Waals surface area contributed by atoms with Crippen molar-refractivity contribution in [1.29, 1.82) is 0 Å². The quantitative estimate of drug-likeness (QED) is 0.704. The van der Waals surface area contributed by atoms with E-state index in [4.69, 9.17) is 14.5 Å². The SMILES string of the molecule is COC(=O)c1sc(N2CCN(C(=O)OC(C)(C)C)CC2)nc1-c1c(C)cnn1C. The number of aromatic nitrogens is 3. The van der Waals surface area contributed by atoms with Gasteiger partial charge in [0.15, 0.2) is 5.13 Å². The molecule has 0 aromatic carbocycles. The van der Waals surface area contributed by atoms with Gasteiger partial charge in [-0.1, -0.05) is 11.3 Å². The van der Waals surface area contributed by atoms with Crippen molar-refractivity contribution in [3.63, 3.8) is 0 Å². The van der Waals surface area contributed by atoms with Crippen LogP contribution >= 0.6 is 11.3 Å². The minimum atomic E-state index is -0.519. The molecule has 3 rings (SSSR count). The molecule has 0 atom stereocenters. The highest BCUT2D eigenvalue weighted by Crippen LogP contribution is 2.35. The zero-order chi connectivity index (χ0) is 21.3. The van der Waals surface area contributed by atoms with Crippen molar-refractivity contribution < 1.29 is 19.1 Å². The van der Waals surface area contributed by atoms with Crippen LogP contribution in [0.3, 0.4) is 0 Å². The van der Waals surface area contributed by atoms with Crippen molar-refractivity contribution in [3.05, 3.63) is 16.6 Å². The van der Waals surface area contributed by atoms with E-state index in [1.807, 2.05) is 34.7 Å². The number of nitrogens with zero attached hydrogens (tertiary/aromatic N) is 5. The van der Waals surface area contributed by atoms with Gasteiger partial charge >= 0.3 is 12.1 Å². The second-order valence-corrected chi connectivity index (χ2v) is 8.90. The van der Waals surface area contributed by atoms with Crippen molar-refractivity contribution in [3.8, 4) is 11.4 Å². The second-order valence-electron chi connectivity index (χ2n) is 7.92. The van der Waals surface area contributed by atoms with Crippen LogP contribution in [-0.4, -0.2) is 70.6 Å². The zero-order valence-corrected chi connectivity index (χ0v) is 18.5. The molecule has 2 aromatic heterocycles. The van der Waals surface area contributed by atoms with Crippen molar-refractivity contribution in [1.82, 2.24) is 19.7 Å². The van der Waals surface area contributed by atoms with Crippen molar-refractivity contribution in [2.24, 2.45) is 7.05 Å². The van der Waals surface area contributed by atoms with Gasteiger partial charge in [-0.15, -0.1) is 0 Å². The number of carbonyl (C=O) groups excluding carboxylic acids is 2. The number of piperazine rings is 1. The molecule has 0 N–H and O–H groups in total. The fourth-order valence-electron chi connectivity index (χ4n) is 3.13. The lowest BCUT2D eigenvalue weighted by molar-refractivity contribution is 0.0240. The Labute approximate surface area is 174 Å². The third kappa shape index (κ3) is 4.52. The van der Waals surface area contributed by atoms with Gasteiger partial charge in [0.05, 0.1) is 19.0 Å². The van der Waals surface area contributed by atoms with Crippen LogP contribution in [-0.2, 0) is 16.5 Å². The molecule has 158 valence electrons. The molecule has 0 spiro atoms. The Morgan fingerprint density at radius 2 is 1.83 bits per heavy atom. The number of ether oxygens (including phenoxy) is 2. The Morgan fingerprint density at radius 1 is 1.17 bits per heavy atom. The lowest BCUT2D eigenvalue weighted by atomic mass is 10.2. The Hall–Kier alpha value is -2.62. The molecule has 0 unspecified atom stereocenters. The lowest BCUT2D eigenvalue weighted by Gasteiger charge is -2.35. The summed E-state index contributed by atoms with van der Waals surface area (Å²) in [6.07, 6.45) is 1.44.